The number of anilines is 1. The molecule has 9 heteroatoms. The van der Waals surface area contributed by atoms with Crippen molar-refractivity contribution in [2.75, 3.05) is 36.6 Å². The van der Waals surface area contributed by atoms with E-state index in [0.29, 0.717) is 17.3 Å². The number of hydrogen-bond donors (Lipinski definition) is 0. The molecule has 0 aliphatic carbocycles. The van der Waals surface area contributed by atoms with E-state index in [1.54, 1.807) is 36.2 Å². The van der Waals surface area contributed by atoms with Gasteiger partial charge in [0.2, 0.25) is 0 Å². The summed E-state index contributed by atoms with van der Waals surface area (Å²) in [4.78, 5) is 27.1. The average Bonchev–Trinajstić information content (AvgIpc) is 3.12. The Hall–Kier alpha value is -2.03. The van der Waals surface area contributed by atoms with E-state index in [-0.39, 0.29) is 18.6 Å². The summed E-state index contributed by atoms with van der Waals surface area (Å²) in [6, 6.07) is 14.6. The van der Waals surface area contributed by atoms with Gasteiger partial charge in [-0.05, 0) is 73.7 Å². The van der Waals surface area contributed by atoms with Crippen molar-refractivity contribution >= 4 is 62.7 Å². The van der Waals surface area contributed by atoms with Gasteiger partial charge in [-0.15, -0.1) is 0 Å². The third kappa shape index (κ3) is 6.55. The van der Waals surface area contributed by atoms with Crippen molar-refractivity contribution in [3.63, 3.8) is 0 Å². The van der Waals surface area contributed by atoms with E-state index >= 15 is 0 Å². The Bertz CT molecular complexity index is 1030. The topological polar surface area (TPSA) is 62.2 Å². The van der Waals surface area contributed by atoms with E-state index in [1.165, 1.54) is 0 Å². The van der Waals surface area contributed by atoms with Crippen molar-refractivity contribution in [2.24, 2.45) is 10.5 Å². The Labute approximate surface area is 218 Å². The lowest BCUT2D eigenvalue weighted by Crippen LogP contribution is -2.43. The second-order valence-corrected chi connectivity index (χ2v) is 10.7. The number of rotatable bonds is 9. The molecule has 2 amide bonds. The van der Waals surface area contributed by atoms with Crippen LogP contribution in [0.5, 0.6) is 0 Å². The maximum atomic E-state index is 13.3. The predicted octanol–water partition coefficient (Wildman–Crippen LogP) is 6.46. The molecule has 2 aromatic carbocycles. The summed E-state index contributed by atoms with van der Waals surface area (Å²) in [5, 5.41) is 7.27. The molecule has 1 aliphatic rings. The van der Waals surface area contributed by atoms with Crippen LogP contribution in [0, 0.1) is 5.41 Å². The lowest BCUT2D eigenvalue weighted by molar-refractivity contribution is -0.119. The van der Waals surface area contributed by atoms with Gasteiger partial charge in [-0.1, -0.05) is 46.6 Å². The molecule has 6 nitrogen and oxygen atoms in total. The molecule has 0 spiro atoms. The zero-order valence-corrected chi connectivity index (χ0v) is 22.8. The lowest BCUT2D eigenvalue weighted by Gasteiger charge is -2.27. The molecule has 1 atom stereocenters. The molecule has 0 saturated heterocycles. The van der Waals surface area contributed by atoms with Gasteiger partial charge in [0.1, 0.15) is 6.54 Å². The van der Waals surface area contributed by atoms with Crippen molar-refractivity contribution < 1.29 is 14.3 Å². The van der Waals surface area contributed by atoms with E-state index in [2.05, 4.69) is 29.1 Å². The third-order valence-electron chi connectivity index (χ3n) is 5.64. The quantitative estimate of drug-likeness (QED) is 0.326. The Morgan fingerprint density at radius 3 is 2.50 bits per heavy atom. The van der Waals surface area contributed by atoms with Crippen molar-refractivity contribution in [3.8, 4) is 0 Å². The number of ether oxygens (including phenoxy) is 1. The van der Waals surface area contributed by atoms with Gasteiger partial charge in [0.25, 0.3) is 5.91 Å². The van der Waals surface area contributed by atoms with Gasteiger partial charge in [0, 0.05) is 21.5 Å². The van der Waals surface area contributed by atoms with Gasteiger partial charge >= 0.3 is 6.09 Å². The first-order valence-corrected chi connectivity index (χ1v) is 13.7. The van der Waals surface area contributed by atoms with Gasteiger partial charge < -0.3 is 4.74 Å². The highest BCUT2D eigenvalue weighted by Gasteiger charge is 2.40. The molecule has 0 bridgehead atoms. The smallest absolute Gasteiger partial charge is 0.421 e. The molecule has 2 aromatic rings. The number of hydrazone groups is 1. The normalized spacial score (nSPS) is 17.4. The fourth-order valence-electron chi connectivity index (χ4n) is 4.04. The molecule has 0 N–H and O–H groups in total. The van der Waals surface area contributed by atoms with Crippen LogP contribution >= 0.6 is 39.3 Å². The summed E-state index contributed by atoms with van der Waals surface area (Å²) < 4.78 is 6.02. The number of thioether (sulfide) groups is 1. The Morgan fingerprint density at radius 2 is 1.88 bits per heavy atom. The summed E-state index contributed by atoms with van der Waals surface area (Å²) in [6.45, 7) is 4.62. The SMILES string of the molecule is CCOC(=O)N(C(=O)CN1CC(C)(CCCSC)C(c2ccc(Cl)cc2)=N1)c1ccc(Br)cc1. The molecule has 1 unspecified atom stereocenters. The van der Waals surface area contributed by atoms with Crippen LogP contribution in [0.25, 0.3) is 0 Å². The number of imide groups is 1. The van der Waals surface area contributed by atoms with Gasteiger partial charge in [0.15, 0.2) is 0 Å². The van der Waals surface area contributed by atoms with E-state index in [1.807, 2.05) is 36.0 Å². The molecule has 182 valence electrons. The van der Waals surface area contributed by atoms with Crippen molar-refractivity contribution in [3.05, 3.63) is 63.6 Å². The zero-order chi connectivity index (χ0) is 24.7. The summed E-state index contributed by atoms with van der Waals surface area (Å²) in [5.74, 6) is 0.663. The Balaban J connectivity index is 1.86. The van der Waals surface area contributed by atoms with Crippen molar-refractivity contribution in [2.45, 2.75) is 26.7 Å². The number of carbonyl (C=O) groups excluding carboxylic acids is 2. The molecule has 0 radical (unpaired) electrons. The Kier molecular flexibility index (Phi) is 9.45. The molecule has 0 aromatic heterocycles. The van der Waals surface area contributed by atoms with Crippen LogP contribution in [0.15, 0.2) is 58.1 Å². The summed E-state index contributed by atoms with van der Waals surface area (Å²) in [6.07, 6.45) is 3.38. The van der Waals surface area contributed by atoms with Crippen LogP contribution in [0.4, 0.5) is 10.5 Å². The maximum absolute atomic E-state index is 13.3. The fourth-order valence-corrected chi connectivity index (χ4v) is 4.86. The van der Waals surface area contributed by atoms with Crippen molar-refractivity contribution in [1.82, 2.24) is 5.01 Å². The van der Waals surface area contributed by atoms with Gasteiger partial charge in [-0.25, -0.2) is 9.69 Å². The average molecular weight is 567 g/mol. The first-order valence-electron chi connectivity index (χ1n) is 11.1. The third-order valence-corrected chi connectivity index (χ3v) is 7.12. The first-order chi connectivity index (χ1) is 16.3. The van der Waals surface area contributed by atoms with E-state index in [0.717, 1.165) is 39.2 Å². The highest BCUT2D eigenvalue weighted by atomic mass is 79.9. The number of amides is 2. The zero-order valence-electron chi connectivity index (χ0n) is 19.6. The minimum absolute atomic E-state index is 0.0376. The molecule has 1 aliphatic heterocycles. The predicted molar refractivity (Wildman–Crippen MR) is 144 cm³/mol. The highest BCUT2D eigenvalue weighted by molar-refractivity contribution is 9.10. The number of nitrogens with zero attached hydrogens (tertiary/aromatic N) is 3. The maximum Gasteiger partial charge on any atom is 0.421 e. The second-order valence-electron chi connectivity index (χ2n) is 8.34. The Morgan fingerprint density at radius 1 is 1.21 bits per heavy atom. The summed E-state index contributed by atoms with van der Waals surface area (Å²) in [5.41, 5.74) is 2.15. The highest BCUT2D eigenvalue weighted by Crippen LogP contribution is 2.36. The number of halogens is 2. The van der Waals surface area contributed by atoms with Gasteiger partial charge in [-0.3, -0.25) is 9.80 Å². The number of benzene rings is 2. The summed E-state index contributed by atoms with van der Waals surface area (Å²) >= 11 is 11.3. The van der Waals surface area contributed by atoms with Crippen LogP contribution < -0.4 is 4.90 Å². The van der Waals surface area contributed by atoms with E-state index < -0.39 is 12.0 Å². The second kappa shape index (κ2) is 12.1. The minimum atomic E-state index is -0.696. The van der Waals surface area contributed by atoms with Crippen LogP contribution in [-0.4, -0.2) is 54.4 Å². The summed E-state index contributed by atoms with van der Waals surface area (Å²) in [7, 11) is 0. The molecular weight excluding hydrogens is 538 g/mol. The van der Waals surface area contributed by atoms with Crippen molar-refractivity contribution in [1.29, 1.82) is 0 Å². The lowest BCUT2D eigenvalue weighted by atomic mass is 9.78. The van der Waals surface area contributed by atoms with E-state index in [4.69, 9.17) is 21.4 Å². The molecule has 0 saturated carbocycles. The molecular formula is C25H29BrClN3O3S. The first kappa shape index (κ1) is 26.6. The minimum Gasteiger partial charge on any atom is -0.449 e. The molecule has 34 heavy (non-hydrogen) atoms. The number of hydrogen-bond acceptors (Lipinski definition) is 6. The van der Waals surface area contributed by atoms with Crippen LogP contribution in [0.1, 0.15) is 32.3 Å². The largest absolute Gasteiger partial charge is 0.449 e. The van der Waals surface area contributed by atoms with Gasteiger partial charge in [0.05, 0.1) is 18.0 Å². The molecule has 0 fully saturated rings. The van der Waals surface area contributed by atoms with Crippen LogP contribution in [-0.2, 0) is 9.53 Å². The number of carbonyl (C=O) groups is 2. The standard InChI is InChI=1S/C25H29BrClN3O3S/c1-4-33-24(32)30(21-12-8-19(26)9-13-21)22(31)16-29-17-25(2,14-5-15-34-3)23(28-29)18-6-10-20(27)11-7-18/h6-13H,4-5,14-17H2,1-3H3. The van der Waals surface area contributed by atoms with Gasteiger partial charge in [-0.2, -0.15) is 16.9 Å². The monoisotopic (exact) mass is 565 g/mol. The fraction of sp³-hybridized carbons (Fsp3) is 0.400. The van der Waals surface area contributed by atoms with E-state index in [9.17, 15) is 9.59 Å². The van der Waals surface area contributed by atoms with Crippen LogP contribution in [0.3, 0.4) is 0 Å². The molecule has 3 rings (SSSR count). The van der Waals surface area contributed by atoms with Crippen LogP contribution in [0.2, 0.25) is 5.02 Å². The molecule has 1 heterocycles.